The number of nitrogens with one attached hydrogen (secondary N) is 2. The summed E-state index contributed by atoms with van der Waals surface area (Å²) < 4.78 is 0. The van der Waals surface area contributed by atoms with Crippen LogP contribution in [0.2, 0.25) is 0 Å². The van der Waals surface area contributed by atoms with Gasteiger partial charge >= 0.3 is 0 Å². The molecule has 6 heteroatoms. The highest BCUT2D eigenvalue weighted by Gasteiger charge is 2.10. The van der Waals surface area contributed by atoms with Crippen LogP contribution in [0.25, 0.3) is 11.3 Å². The van der Waals surface area contributed by atoms with Crippen LogP contribution in [0.4, 0.5) is 0 Å². The van der Waals surface area contributed by atoms with E-state index in [9.17, 15) is 4.79 Å². The van der Waals surface area contributed by atoms with Gasteiger partial charge in [0.2, 0.25) is 0 Å². The smallest absolute Gasteiger partial charge is 0.269 e. The SMILES string of the molecule is O=C(NCc1nccs1)c1cc(-c2ccccc2)n[nH]1. The van der Waals surface area contributed by atoms with Gasteiger partial charge in [-0.25, -0.2) is 4.98 Å². The van der Waals surface area contributed by atoms with Crippen LogP contribution in [0.15, 0.2) is 48.0 Å². The van der Waals surface area contributed by atoms with Gasteiger partial charge in [0.15, 0.2) is 0 Å². The number of carbonyl (C=O) groups excluding carboxylic acids is 1. The van der Waals surface area contributed by atoms with Crippen molar-refractivity contribution >= 4 is 17.2 Å². The Morgan fingerprint density at radius 3 is 2.90 bits per heavy atom. The van der Waals surface area contributed by atoms with Gasteiger partial charge in [-0.2, -0.15) is 5.10 Å². The number of aromatic nitrogens is 3. The molecule has 0 spiro atoms. The maximum Gasteiger partial charge on any atom is 0.269 e. The highest BCUT2D eigenvalue weighted by molar-refractivity contribution is 7.09. The van der Waals surface area contributed by atoms with E-state index in [4.69, 9.17) is 0 Å². The van der Waals surface area contributed by atoms with Gasteiger partial charge in [0, 0.05) is 17.1 Å². The number of thiazole rings is 1. The van der Waals surface area contributed by atoms with Crippen molar-refractivity contribution in [3.05, 3.63) is 58.7 Å². The second-order valence-corrected chi connectivity index (χ2v) is 5.12. The first kappa shape index (κ1) is 12.6. The van der Waals surface area contributed by atoms with Crippen molar-refractivity contribution in [3.8, 4) is 11.3 Å². The molecule has 0 fully saturated rings. The quantitative estimate of drug-likeness (QED) is 0.773. The Balaban J connectivity index is 1.69. The van der Waals surface area contributed by atoms with Crippen molar-refractivity contribution < 1.29 is 4.79 Å². The molecular weight excluding hydrogens is 272 g/mol. The average molecular weight is 284 g/mol. The number of H-pyrrole nitrogens is 1. The van der Waals surface area contributed by atoms with Crippen LogP contribution in [0.1, 0.15) is 15.5 Å². The molecule has 5 nitrogen and oxygen atoms in total. The molecule has 2 heterocycles. The Labute approximate surface area is 119 Å². The minimum absolute atomic E-state index is 0.185. The Hall–Kier alpha value is -2.47. The van der Waals surface area contributed by atoms with Crippen LogP contribution in [-0.4, -0.2) is 21.1 Å². The summed E-state index contributed by atoms with van der Waals surface area (Å²) in [7, 11) is 0. The Bertz CT molecular complexity index is 691. The number of aromatic amines is 1. The van der Waals surface area contributed by atoms with Crippen molar-refractivity contribution in [1.82, 2.24) is 20.5 Å². The van der Waals surface area contributed by atoms with Gasteiger partial charge in [-0.1, -0.05) is 30.3 Å². The molecule has 3 rings (SSSR count). The third kappa shape index (κ3) is 2.75. The van der Waals surface area contributed by atoms with E-state index in [1.165, 1.54) is 11.3 Å². The monoisotopic (exact) mass is 284 g/mol. The molecule has 0 aliphatic rings. The summed E-state index contributed by atoms with van der Waals surface area (Å²) in [4.78, 5) is 16.1. The molecule has 1 aromatic carbocycles. The molecule has 3 aromatic rings. The first-order valence-electron chi connectivity index (χ1n) is 6.10. The predicted octanol–water partition coefficient (Wildman–Crippen LogP) is 2.46. The fraction of sp³-hybridized carbons (Fsp3) is 0.0714. The summed E-state index contributed by atoms with van der Waals surface area (Å²) in [5.74, 6) is -0.185. The topological polar surface area (TPSA) is 70.7 Å². The minimum Gasteiger partial charge on any atom is -0.344 e. The Kier molecular flexibility index (Phi) is 3.56. The molecule has 100 valence electrons. The third-order valence-corrected chi connectivity index (χ3v) is 3.56. The average Bonchev–Trinajstić information content (AvgIpc) is 3.17. The number of hydrogen-bond acceptors (Lipinski definition) is 4. The van der Waals surface area contributed by atoms with Crippen molar-refractivity contribution in [2.24, 2.45) is 0 Å². The van der Waals surface area contributed by atoms with Crippen LogP contribution in [-0.2, 0) is 6.54 Å². The summed E-state index contributed by atoms with van der Waals surface area (Å²) >= 11 is 1.51. The van der Waals surface area contributed by atoms with E-state index in [0.29, 0.717) is 12.2 Å². The first-order chi connectivity index (χ1) is 9.83. The zero-order chi connectivity index (χ0) is 13.8. The minimum atomic E-state index is -0.185. The second-order valence-electron chi connectivity index (χ2n) is 4.14. The zero-order valence-electron chi connectivity index (χ0n) is 10.5. The lowest BCUT2D eigenvalue weighted by atomic mass is 10.1. The maximum absolute atomic E-state index is 12.0. The predicted molar refractivity (Wildman–Crippen MR) is 77.3 cm³/mol. The highest BCUT2D eigenvalue weighted by atomic mass is 32.1. The number of hydrogen-bond donors (Lipinski definition) is 2. The van der Waals surface area contributed by atoms with E-state index in [1.807, 2.05) is 35.7 Å². The van der Waals surface area contributed by atoms with Crippen molar-refractivity contribution in [1.29, 1.82) is 0 Å². The van der Waals surface area contributed by atoms with Crippen molar-refractivity contribution in [2.75, 3.05) is 0 Å². The molecular formula is C14H12N4OS. The molecule has 0 aliphatic heterocycles. The second kappa shape index (κ2) is 5.66. The Morgan fingerprint density at radius 2 is 2.15 bits per heavy atom. The van der Waals surface area contributed by atoms with E-state index in [-0.39, 0.29) is 5.91 Å². The fourth-order valence-corrected chi connectivity index (χ4v) is 2.34. The van der Waals surface area contributed by atoms with E-state index in [1.54, 1.807) is 12.3 Å². The third-order valence-electron chi connectivity index (χ3n) is 2.78. The number of amides is 1. The molecule has 0 saturated heterocycles. The Morgan fingerprint density at radius 1 is 1.30 bits per heavy atom. The van der Waals surface area contributed by atoms with E-state index in [2.05, 4.69) is 20.5 Å². The van der Waals surface area contributed by atoms with Gasteiger partial charge in [-0.15, -0.1) is 11.3 Å². The molecule has 0 unspecified atom stereocenters. The van der Waals surface area contributed by atoms with Gasteiger partial charge in [0.05, 0.1) is 12.2 Å². The summed E-state index contributed by atoms with van der Waals surface area (Å²) in [6.07, 6.45) is 1.72. The number of carbonyl (C=O) groups is 1. The standard InChI is InChI=1S/C14H12N4OS/c19-14(16-9-13-15-6-7-20-13)12-8-11(17-18-12)10-4-2-1-3-5-10/h1-8H,9H2,(H,16,19)(H,17,18). The highest BCUT2D eigenvalue weighted by Crippen LogP contribution is 2.16. The van der Waals surface area contributed by atoms with Crippen LogP contribution in [0, 0.1) is 0 Å². The van der Waals surface area contributed by atoms with Crippen LogP contribution < -0.4 is 5.32 Å². The van der Waals surface area contributed by atoms with Gasteiger partial charge < -0.3 is 5.32 Å². The molecule has 0 aliphatic carbocycles. The first-order valence-corrected chi connectivity index (χ1v) is 6.98. The van der Waals surface area contributed by atoms with Crippen LogP contribution in [0.3, 0.4) is 0 Å². The lowest BCUT2D eigenvalue weighted by Gasteiger charge is -1.99. The summed E-state index contributed by atoms with van der Waals surface area (Å²) in [5, 5.41) is 12.5. The lowest BCUT2D eigenvalue weighted by Crippen LogP contribution is -2.23. The molecule has 2 aromatic heterocycles. The van der Waals surface area contributed by atoms with Crippen LogP contribution >= 0.6 is 11.3 Å². The summed E-state index contributed by atoms with van der Waals surface area (Å²) in [6.45, 7) is 0.427. The largest absolute Gasteiger partial charge is 0.344 e. The fourth-order valence-electron chi connectivity index (χ4n) is 1.79. The van der Waals surface area contributed by atoms with Gasteiger partial charge in [-0.3, -0.25) is 9.89 Å². The van der Waals surface area contributed by atoms with Crippen molar-refractivity contribution in [2.45, 2.75) is 6.54 Å². The van der Waals surface area contributed by atoms with E-state index >= 15 is 0 Å². The number of benzene rings is 1. The van der Waals surface area contributed by atoms with E-state index in [0.717, 1.165) is 16.3 Å². The van der Waals surface area contributed by atoms with Gasteiger partial charge in [0.1, 0.15) is 10.7 Å². The molecule has 0 saturated carbocycles. The maximum atomic E-state index is 12.0. The number of nitrogens with zero attached hydrogens (tertiary/aromatic N) is 2. The summed E-state index contributed by atoms with van der Waals surface area (Å²) in [6, 6.07) is 11.5. The molecule has 0 radical (unpaired) electrons. The van der Waals surface area contributed by atoms with Crippen LogP contribution in [0.5, 0.6) is 0 Å². The number of rotatable bonds is 4. The molecule has 1 amide bonds. The lowest BCUT2D eigenvalue weighted by molar-refractivity contribution is 0.0946. The molecule has 2 N–H and O–H groups in total. The van der Waals surface area contributed by atoms with Gasteiger partial charge in [0.25, 0.3) is 5.91 Å². The zero-order valence-corrected chi connectivity index (χ0v) is 11.4. The molecule has 20 heavy (non-hydrogen) atoms. The summed E-state index contributed by atoms with van der Waals surface area (Å²) in [5.41, 5.74) is 2.17. The van der Waals surface area contributed by atoms with Gasteiger partial charge in [-0.05, 0) is 6.07 Å². The normalized spacial score (nSPS) is 10.4. The molecule has 0 atom stereocenters. The van der Waals surface area contributed by atoms with Crippen molar-refractivity contribution in [3.63, 3.8) is 0 Å². The van der Waals surface area contributed by atoms with E-state index < -0.39 is 0 Å². The molecule has 0 bridgehead atoms.